The maximum Gasteiger partial charge on any atom is 0.0247 e. The van der Waals surface area contributed by atoms with Crippen molar-refractivity contribution in [2.75, 3.05) is 13.1 Å². The van der Waals surface area contributed by atoms with Gasteiger partial charge in [0, 0.05) is 24.7 Å². The van der Waals surface area contributed by atoms with E-state index in [0.717, 1.165) is 13.1 Å². The van der Waals surface area contributed by atoms with Gasteiger partial charge in [-0.15, -0.1) is 0 Å². The summed E-state index contributed by atoms with van der Waals surface area (Å²) in [7, 11) is 0. The zero-order valence-electron chi connectivity index (χ0n) is 14.4. The molecule has 2 rings (SSSR count). The van der Waals surface area contributed by atoms with Crippen molar-refractivity contribution in [1.29, 1.82) is 0 Å². The van der Waals surface area contributed by atoms with E-state index in [2.05, 4.69) is 69.1 Å². The number of rotatable bonds is 4. The molecule has 118 valence electrons. The van der Waals surface area contributed by atoms with Crippen LogP contribution in [0.5, 0.6) is 0 Å². The van der Waals surface area contributed by atoms with Crippen LogP contribution in [-0.4, -0.2) is 29.6 Å². The quantitative estimate of drug-likeness (QED) is 0.905. The Balaban J connectivity index is 2.10. The number of aryl methyl sites for hydroxylation is 1. The van der Waals surface area contributed by atoms with E-state index in [1.54, 1.807) is 5.56 Å². The second kappa shape index (κ2) is 6.93. The lowest BCUT2D eigenvalue weighted by Crippen LogP contribution is -2.49. The third-order valence-corrected chi connectivity index (χ3v) is 4.46. The van der Waals surface area contributed by atoms with Gasteiger partial charge in [0.25, 0.3) is 0 Å². The summed E-state index contributed by atoms with van der Waals surface area (Å²) in [5, 5.41) is 3.70. The van der Waals surface area contributed by atoms with Crippen LogP contribution in [0.3, 0.4) is 0 Å². The van der Waals surface area contributed by atoms with Crippen LogP contribution < -0.4 is 5.32 Å². The molecule has 0 aromatic heterocycles. The predicted octanol–water partition coefficient (Wildman–Crippen LogP) is 3.85. The third kappa shape index (κ3) is 4.82. The number of hydrogen-bond acceptors (Lipinski definition) is 2. The van der Waals surface area contributed by atoms with E-state index >= 15 is 0 Å². The summed E-state index contributed by atoms with van der Waals surface area (Å²) >= 11 is 0. The average molecular weight is 288 g/mol. The van der Waals surface area contributed by atoms with E-state index in [4.69, 9.17) is 0 Å². The first-order valence-electron chi connectivity index (χ1n) is 8.42. The highest BCUT2D eigenvalue weighted by Gasteiger charge is 2.25. The fraction of sp³-hybridized carbons (Fsp3) is 0.684. The molecule has 2 nitrogen and oxygen atoms in total. The van der Waals surface area contributed by atoms with Gasteiger partial charge in [-0.2, -0.15) is 0 Å². The van der Waals surface area contributed by atoms with Crippen LogP contribution in [-0.2, 0) is 13.0 Å². The van der Waals surface area contributed by atoms with Crippen LogP contribution in [0.4, 0.5) is 0 Å². The number of nitrogens with zero attached hydrogens (tertiary/aromatic N) is 1. The van der Waals surface area contributed by atoms with E-state index in [-0.39, 0.29) is 5.54 Å². The van der Waals surface area contributed by atoms with Gasteiger partial charge in [-0.3, -0.25) is 4.90 Å². The number of nitrogens with one attached hydrogen (secondary N) is 1. The van der Waals surface area contributed by atoms with Gasteiger partial charge in [-0.1, -0.05) is 38.1 Å². The van der Waals surface area contributed by atoms with Gasteiger partial charge in [-0.05, 0) is 57.2 Å². The molecule has 1 atom stereocenters. The van der Waals surface area contributed by atoms with Crippen molar-refractivity contribution in [3.05, 3.63) is 35.4 Å². The van der Waals surface area contributed by atoms with Crippen molar-refractivity contribution in [2.45, 2.75) is 65.6 Å². The van der Waals surface area contributed by atoms with Crippen molar-refractivity contribution in [1.82, 2.24) is 10.2 Å². The van der Waals surface area contributed by atoms with E-state index in [0.29, 0.717) is 12.0 Å². The fourth-order valence-corrected chi connectivity index (χ4v) is 3.21. The summed E-state index contributed by atoms with van der Waals surface area (Å²) in [5.41, 5.74) is 3.26. The third-order valence-electron chi connectivity index (χ3n) is 4.46. The Morgan fingerprint density at radius 1 is 1.14 bits per heavy atom. The molecule has 0 saturated heterocycles. The number of fused-ring (bicyclic) bond motifs is 1. The molecule has 0 aliphatic carbocycles. The lowest BCUT2D eigenvalue weighted by atomic mass is 9.99. The highest BCUT2D eigenvalue weighted by atomic mass is 15.2. The molecule has 1 heterocycles. The standard InChI is InChI=1S/C19H32N2/c1-15(2)18(13-20-19(3,4)5)21-12-8-11-16-9-6-7-10-17(16)14-21/h6-7,9-10,15,18,20H,8,11-14H2,1-5H3. The van der Waals surface area contributed by atoms with Crippen molar-refractivity contribution < 1.29 is 0 Å². The lowest BCUT2D eigenvalue weighted by molar-refractivity contribution is 0.138. The van der Waals surface area contributed by atoms with Crippen LogP contribution in [0.15, 0.2) is 24.3 Å². The lowest BCUT2D eigenvalue weighted by Gasteiger charge is -2.36. The Bertz CT molecular complexity index is 445. The maximum atomic E-state index is 3.70. The van der Waals surface area contributed by atoms with E-state index < -0.39 is 0 Å². The fourth-order valence-electron chi connectivity index (χ4n) is 3.21. The molecule has 0 saturated carbocycles. The summed E-state index contributed by atoms with van der Waals surface area (Å²) in [5.74, 6) is 0.671. The predicted molar refractivity (Wildman–Crippen MR) is 91.6 cm³/mol. The summed E-state index contributed by atoms with van der Waals surface area (Å²) in [4.78, 5) is 2.69. The molecule has 1 aromatic rings. The Hall–Kier alpha value is -0.860. The van der Waals surface area contributed by atoms with Crippen LogP contribution in [0.1, 0.15) is 52.2 Å². The highest BCUT2D eigenvalue weighted by molar-refractivity contribution is 5.28. The minimum atomic E-state index is 0.191. The molecular formula is C19H32N2. The average Bonchev–Trinajstić information content (AvgIpc) is 2.59. The van der Waals surface area contributed by atoms with Crippen molar-refractivity contribution in [2.24, 2.45) is 5.92 Å². The zero-order valence-corrected chi connectivity index (χ0v) is 14.4. The van der Waals surface area contributed by atoms with E-state index in [1.165, 1.54) is 24.9 Å². The molecule has 1 aromatic carbocycles. The molecule has 0 amide bonds. The summed E-state index contributed by atoms with van der Waals surface area (Å²) < 4.78 is 0. The number of hydrogen-bond donors (Lipinski definition) is 1. The molecule has 2 heteroatoms. The first-order valence-corrected chi connectivity index (χ1v) is 8.42. The van der Waals surface area contributed by atoms with Crippen molar-refractivity contribution in [3.8, 4) is 0 Å². The van der Waals surface area contributed by atoms with Gasteiger partial charge in [-0.25, -0.2) is 0 Å². The summed E-state index contributed by atoms with van der Waals surface area (Å²) in [6.07, 6.45) is 2.50. The normalized spacial score (nSPS) is 18.4. The molecule has 0 radical (unpaired) electrons. The van der Waals surface area contributed by atoms with Crippen LogP contribution in [0.2, 0.25) is 0 Å². The highest BCUT2D eigenvalue weighted by Crippen LogP contribution is 2.22. The Morgan fingerprint density at radius 3 is 2.43 bits per heavy atom. The SMILES string of the molecule is CC(C)C(CNC(C)(C)C)N1CCCc2ccccc2C1. The van der Waals surface area contributed by atoms with E-state index in [9.17, 15) is 0 Å². The first kappa shape index (κ1) is 16.5. The largest absolute Gasteiger partial charge is 0.311 e. The minimum absolute atomic E-state index is 0.191. The second-order valence-electron chi connectivity index (χ2n) is 7.79. The molecule has 0 spiro atoms. The molecule has 21 heavy (non-hydrogen) atoms. The monoisotopic (exact) mass is 288 g/mol. The molecule has 0 bridgehead atoms. The Morgan fingerprint density at radius 2 is 1.81 bits per heavy atom. The molecule has 0 fully saturated rings. The van der Waals surface area contributed by atoms with Crippen LogP contribution in [0, 0.1) is 5.92 Å². The first-order chi connectivity index (χ1) is 9.87. The topological polar surface area (TPSA) is 15.3 Å². The Kier molecular flexibility index (Phi) is 5.45. The summed E-state index contributed by atoms with van der Waals surface area (Å²) in [6.45, 7) is 14.8. The van der Waals surface area contributed by atoms with Gasteiger partial charge in [0.05, 0.1) is 0 Å². The van der Waals surface area contributed by atoms with Crippen molar-refractivity contribution in [3.63, 3.8) is 0 Å². The van der Waals surface area contributed by atoms with Gasteiger partial charge in [0.1, 0.15) is 0 Å². The van der Waals surface area contributed by atoms with Crippen LogP contribution >= 0.6 is 0 Å². The molecular weight excluding hydrogens is 256 g/mol. The minimum Gasteiger partial charge on any atom is -0.311 e. The number of benzene rings is 1. The maximum absolute atomic E-state index is 3.70. The van der Waals surface area contributed by atoms with Gasteiger partial charge < -0.3 is 5.32 Å². The zero-order chi connectivity index (χ0) is 15.5. The second-order valence-corrected chi connectivity index (χ2v) is 7.79. The van der Waals surface area contributed by atoms with Gasteiger partial charge >= 0.3 is 0 Å². The molecule has 1 unspecified atom stereocenters. The molecule has 1 aliphatic rings. The van der Waals surface area contributed by atoms with Crippen molar-refractivity contribution >= 4 is 0 Å². The molecule has 1 N–H and O–H groups in total. The smallest absolute Gasteiger partial charge is 0.0247 e. The van der Waals surface area contributed by atoms with Crippen LogP contribution in [0.25, 0.3) is 0 Å². The molecule has 1 aliphatic heterocycles. The Labute approximate surface area is 130 Å². The van der Waals surface area contributed by atoms with Gasteiger partial charge in [0.2, 0.25) is 0 Å². The summed E-state index contributed by atoms with van der Waals surface area (Å²) in [6, 6.07) is 9.57. The van der Waals surface area contributed by atoms with E-state index in [1.807, 2.05) is 0 Å². The van der Waals surface area contributed by atoms with Gasteiger partial charge in [0.15, 0.2) is 0 Å².